The molecule has 0 aliphatic heterocycles. The van der Waals surface area contributed by atoms with Crippen LogP contribution in [0.2, 0.25) is 0 Å². The summed E-state index contributed by atoms with van der Waals surface area (Å²) in [5.74, 6) is -2.36. The first kappa shape index (κ1) is 11.6. The highest BCUT2D eigenvalue weighted by molar-refractivity contribution is 5.49. The van der Waals surface area contributed by atoms with Gasteiger partial charge in [0.15, 0.2) is 11.6 Å². The molecule has 0 spiro atoms. The molecule has 0 fully saturated rings. The van der Waals surface area contributed by atoms with E-state index in [4.69, 9.17) is 16.6 Å². The molecule has 0 aliphatic carbocycles. The topological polar surface area (TPSA) is 72.3 Å². The zero-order valence-electron chi connectivity index (χ0n) is 7.35. The number of phenols is 1. The van der Waals surface area contributed by atoms with E-state index in [-0.39, 0.29) is 5.69 Å². The highest BCUT2D eigenvalue weighted by atomic mass is 19.4. The second kappa shape index (κ2) is 3.58. The van der Waals surface area contributed by atoms with Gasteiger partial charge in [-0.25, -0.2) is 4.39 Å². The average Bonchev–Trinajstić information content (AvgIpc) is 2.08. The first-order valence-electron chi connectivity index (χ1n) is 3.83. The lowest BCUT2D eigenvalue weighted by atomic mass is 10.0. The number of alkyl halides is 3. The molecule has 1 aromatic carbocycles. The first-order valence-corrected chi connectivity index (χ1v) is 3.83. The fourth-order valence-electron chi connectivity index (χ4n) is 1.06. The van der Waals surface area contributed by atoms with Gasteiger partial charge in [0.2, 0.25) is 0 Å². The number of anilines is 1. The third-order valence-electron chi connectivity index (χ3n) is 1.80. The van der Waals surface area contributed by atoms with Gasteiger partial charge in [-0.05, 0) is 6.07 Å². The minimum atomic E-state index is -4.77. The van der Waals surface area contributed by atoms with Crippen LogP contribution < -0.4 is 11.5 Å². The van der Waals surface area contributed by atoms with E-state index in [1.54, 1.807) is 0 Å². The molecule has 0 aliphatic rings. The molecule has 7 heteroatoms. The van der Waals surface area contributed by atoms with Crippen LogP contribution in [0.3, 0.4) is 0 Å². The fraction of sp³-hybridized carbons (Fsp3) is 0.250. The van der Waals surface area contributed by atoms with Crippen LogP contribution in [0.1, 0.15) is 11.6 Å². The molecule has 1 aromatic rings. The minimum Gasteiger partial charge on any atom is -0.505 e. The standard InChI is InChI=1S/C8H8F4N2O/c9-5-2-3(13)1-4(6(5)15)7(14)8(10,11)12/h1-2,7,15H,13-14H2/t7-/m1/s1. The van der Waals surface area contributed by atoms with Gasteiger partial charge in [0.25, 0.3) is 0 Å². The third-order valence-corrected chi connectivity index (χ3v) is 1.80. The molecule has 1 atom stereocenters. The van der Waals surface area contributed by atoms with Crippen molar-refractivity contribution in [3.63, 3.8) is 0 Å². The van der Waals surface area contributed by atoms with E-state index in [0.29, 0.717) is 6.07 Å². The van der Waals surface area contributed by atoms with Gasteiger partial charge in [0.05, 0.1) is 0 Å². The van der Waals surface area contributed by atoms with Crippen molar-refractivity contribution in [2.24, 2.45) is 5.73 Å². The molecule has 15 heavy (non-hydrogen) atoms. The Bertz CT molecular complexity index is 378. The maximum atomic E-state index is 12.8. The van der Waals surface area contributed by atoms with Crippen molar-refractivity contribution < 1.29 is 22.7 Å². The number of nitrogens with two attached hydrogens (primary N) is 2. The van der Waals surface area contributed by atoms with Gasteiger partial charge in [-0.1, -0.05) is 0 Å². The van der Waals surface area contributed by atoms with Crippen molar-refractivity contribution in [2.75, 3.05) is 5.73 Å². The van der Waals surface area contributed by atoms with E-state index in [9.17, 15) is 17.6 Å². The number of aromatic hydroxyl groups is 1. The number of hydrogen-bond acceptors (Lipinski definition) is 3. The summed E-state index contributed by atoms with van der Waals surface area (Å²) in [6, 6.07) is -0.964. The molecule has 0 unspecified atom stereocenters. The summed E-state index contributed by atoms with van der Waals surface area (Å²) in [5.41, 5.74) is 8.92. The molecule has 1 rings (SSSR count). The number of phenolic OH excluding ortho intramolecular Hbond substituents is 1. The molecule has 0 aromatic heterocycles. The molecule has 0 radical (unpaired) electrons. The molecule has 0 bridgehead atoms. The Morgan fingerprint density at radius 1 is 1.27 bits per heavy atom. The molecule has 5 N–H and O–H groups in total. The van der Waals surface area contributed by atoms with Crippen LogP contribution in [0.4, 0.5) is 23.2 Å². The van der Waals surface area contributed by atoms with Crippen molar-refractivity contribution >= 4 is 5.69 Å². The number of nitrogen functional groups attached to an aromatic ring is 1. The minimum absolute atomic E-state index is 0.236. The Labute approximate surface area is 82.3 Å². The summed E-state index contributed by atoms with van der Waals surface area (Å²) in [7, 11) is 0. The SMILES string of the molecule is Nc1cc(F)c(O)c([C@@H](N)C(F)(F)F)c1. The van der Waals surface area contributed by atoms with E-state index < -0.39 is 29.3 Å². The van der Waals surface area contributed by atoms with Gasteiger partial charge in [0, 0.05) is 17.3 Å². The second-order valence-electron chi connectivity index (χ2n) is 2.96. The number of halogens is 4. The van der Waals surface area contributed by atoms with Crippen molar-refractivity contribution in [1.82, 2.24) is 0 Å². The normalized spacial score (nSPS) is 13.9. The molecular weight excluding hydrogens is 216 g/mol. The van der Waals surface area contributed by atoms with Crippen LogP contribution in [-0.4, -0.2) is 11.3 Å². The number of rotatable bonds is 1. The van der Waals surface area contributed by atoms with Crippen LogP contribution in [0.5, 0.6) is 5.75 Å². The van der Waals surface area contributed by atoms with E-state index >= 15 is 0 Å². The zero-order valence-corrected chi connectivity index (χ0v) is 7.35. The lowest BCUT2D eigenvalue weighted by Crippen LogP contribution is -2.28. The molecule has 3 nitrogen and oxygen atoms in total. The molecule has 0 saturated carbocycles. The van der Waals surface area contributed by atoms with Crippen LogP contribution in [-0.2, 0) is 0 Å². The lowest BCUT2D eigenvalue weighted by Gasteiger charge is -2.17. The molecule has 0 saturated heterocycles. The summed E-state index contributed by atoms with van der Waals surface area (Å²) in [4.78, 5) is 0. The van der Waals surface area contributed by atoms with Crippen molar-refractivity contribution in [3.05, 3.63) is 23.5 Å². The maximum Gasteiger partial charge on any atom is 0.407 e. The Hall–Kier alpha value is -1.50. The highest BCUT2D eigenvalue weighted by Gasteiger charge is 2.39. The van der Waals surface area contributed by atoms with Crippen molar-refractivity contribution in [1.29, 1.82) is 0 Å². The van der Waals surface area contributed by atoms with E-state index in [0.717, 1.165) is 6.07 Å². The van der Waals surface area contributed by atoms with Gasteiger partial charge in [-0.2, -0.15) is 13.2 Å². The molecular formula is C8H8F4N2O. The smallest absolute Gasteiger partial charge is 0.407 e. The summed E-state index contributed by atoms with van der Waals surface area (Å²) < 4.78 is 49.4. The Balaban J connectivity index is 3.25. The van der Waals surface area contributed by atoms with Gasteiger partial charge in [-0.3, -0.25) is 0 Å². The lowest BCUT2D eigenvalue weighted by molar-refractivity contribution is -0.149. The van der Waals surface area contributed by atoms with Gasteiger partial charge in [0.1, 0.15) is 6.04 Å². The van der Waals surface area contributed by atoms with Gasteiger partial charge < -0.3 is 16.6 Å². The summed E-state index contributed by atoms with van der Waals surface area (Å²) in [5, 5.41) is 9.05. The number of benzene rings is 1. The molecule has 84 valence electrons. The molecule has 0 heterocycles. The number of hydrogen-bond donors (Lipinski definition) is 3. The first-order chi connectivity index (χ1) is 6.73. The fourth-order valence-corrected chi connectivity index (χ4v) is 1.06. The van der Waals surface area contributed by atoms with Gasteiger partial charge >= 0.3 is 6.18 Å². The summed E-state index contributed by atoms with van der Waals surface area (Å²) in [6.07, 6.45) is -4.77. The second-order valence-corrected chi connectivity index (χ2v) is 2.96. The zero-order chi connectivity index (χ0) is 11.8. The monoisotopic (exact) mass is 224 g/mol. The van der Waals surface area contributed by atoms with E-state index in [2.05, 4.69) is 0 Å². The third kappa shape index (κ3) is 2.30. The highest BCUT2D eigenvalue weighted by Crippen LogP contribution is 2.37. The Morgan fingerprint density at radius 2 is 1.80 bits per heavy atom. The van der Waals surface area contributed by atoms with Crippen LogP contribution >= 0.6 is 0 Å². The Morgan fingerprint density at radius 3 is 2.27 bits per heavy atom. The van der Waals surface area contributed by atoms with Gasteiger partial charge in [-0.15, -0.1) is 0 Å². The van der Waals surface area contributed by atoms with Crippen LogP contribution in [0.25, 0.3) is 0 Å². The van der Waals surface area contributed by atoms with E-state index in [1.165, 1.54) is 0 Å². The summed E-state index contributed by atoms with van der Waals surface area (Å²) >= 11 is 0. The largest absolute Gasteiger partial charge is 0.505 e. The average molecular weight is 224 g/mol. The van der Waals surface area contributed by atoms with Crippen molar-refractivity contribution in [2.45, 2.75) is 12.2 Å². The quantitative estimate of drug-likeness (QED) is 0.386. The van der Waals surface area contributed by atoms with Crippen LogP contribution in [0.15, 0.2) is 12.1 Å². The predicted octanol–water partition coefficient (Wildman–Crippen LogP) is 1.68. The van der Waals surface area contributed by atoms with Crippen molar-refractivity contribution in [3.8, 4) is 5.75 Å². The summed E-state index contributed by atoms with van der Waals surface area (Å²) in [6.45, 7) is 0. The van der Waals surface area contributed by atoms with E-state index in [1.807, 2.05) is 0 Å². The predicted molar refractivity (Wildman–Crippen MR) is 45.5 cm³/mol. The van der Waals surface area contributed by atoms with Crippen LogP contribution in [0, 0.1) is 5.82 Å². The Kier molecular flexibility index (Phi) is 2.76. The maximum absolute atomic E-state index is 12.8. The molecule has 0 amide bonds.